The summed E-state index contributed by atoms with van der Waals surface area (Å²) in [6.07, 6.45) is 1.85. The van der Waals surface area contributed by atoms with Crippen LogP contribution in [0.3, 0.4) is 0 Å². The molecule has 4 amide bonds. The molecule has 0 aromatic heterocycles. The fourth-order valence-corrected chi connectivity index (χ4v) is 10.5. The number of amides is 4. The van der Waals surface area contributed by atoms with Crippen LogP contribution in [0.15, 0.2) is 168 Å². The number of halogens is 4. The number of thioether (sulfide) groups is 2. The van der Waals surface area contributed by atoms with E-state index in [1.807, 2.05) is 72.8 Å². The first-order chi connectivity index (χ1) is 32.9. The van der Waals surface area contributed by atoms with Gasteiger partial charge in [0.1, 0.15) is 23.3 Å². The van der Waals surface area contributed by atoms with Crippen LogP contribution >= 0.6 is 23.5 Å². The van der Waals surface area contributed by atoms with E-state index in [4.69, 9.17) is 0 Å². The number of hydrogen-bond donors (Lipinski definition) is 2. The SMILES string of the molecule is O=C1NC(=O)/C(=C/c2ccc(C(=O)NC[C@@H]3C[C@@H](Sc4c(-c5ccccc5)cc(-c5ccccc5)cc4-c4cc(F)cc(F)c4)CN3C(=O)c3ccccc3C(=O)c3ccc(F)cc3F)cc2)S1. The van der Waals surface area contributed by atoms with Crippen LogP contribution in [0.25, 0.3) is 39.5 Å². The minimum absolute atomic E-state index is 0.0307. The van der Waals surface area contributed by atoms with Gasteiger partial charge in [0.25, 0.3) is 23.0 Å². The average molecular weight is 948 g/mol. The molecule has 2 aliphatic heterocycles. The van der Waals surface area contributed by atoms with Crippen LogP contribution in [0, 0.1) is 23.3 Å². The first-order valence-corrected chi connectivity index (χ1v) is 23.0. The summed E-state index contributed by atoms with van der Waals surface area (Å²) >= 11 is 2.20. The van der Waals surface area contributed by atoms with Gasteiger partial charge in [0.2, 0.25) is 0 Å². The third-order valence-electron chi connectivity index (χ3n) is 11.6. The van der Waals surface area contributed by atoms with Gasteiger partial charge in [-0.3, -0.25) is 29.3 Å². The summed E-state index contributed by atoms with van der Waals surface area (Å²) < 4.78 is 59.0. The summed E-state index contributed by atoms with van der Waals surface area (Å²) in [6, 6.07) is 40.7. The third-order valence-corrected chi connectivity index (χ3v) is 13.7. The quantitative estimate of drug-likeness (QED) is 0.0712. The zero-order valence-electron chi connectivity index (χ0n) is 35.7. The second-order valence-corrected chi connectivity index (χ2v) is 18.4. The lowest BCUT2D eigenvalue weighted by Gasteiger charge is -2.26. The van der Waals surface area contributed by atoms with Gasteiger partial charge in [-0.1, -0.05) is 91.0 Å². The minimum Gasteiger partial charge on any atom is -0.350 e. The predicted molar refractivity (Wildman–Crippen MR) is 256 cm³/mol. The van der Waals surface area contributed by atoms with E-state index < -0.39 is 63.6 Å². The highest BCUT2D eigenvalue weighted by Gasteiger charge is 2.38. The van der Waals surface area contributed by atoms with E-state index in [-0.39, 0.29) is 39.9 Å². The van der Waals surface area contributed by atoms with Crippen molar-refractivity contribution in [3.63, 3.8) is 0 Å². The zero-order chi connectivity index (χ0) is 47.5. The summed E-state index contributed by atoms with van der Waals surface area (Å²) in [5.74, 6) is -5.83. The Balaban J connectivity index is 1.08. The predicted octanol–water partition coefficient (Wildman–Crippen LogP) is 11.6. The number of benzene rings is 7. The number of ketones is 1. The number of rotatable bonds is 12. The molecule has 338 valence electrons. The monoisotopic (exact) mass is 947 g/mol. The van der Waals surface area contributed by atoms with Crippen LogP contribution in [0.5, 0.6) is 0 Å². The highest BCUT2D eigenvalue weighted by Crippen LogP contribution is 2.47. The molecule has 2 saturated heterocycles. The van der Waals surface area contributed by atoms with Crippen molar-refractivity contribution in [1.29, 1.82) is 0 Å². The van der Waals surface area contributed by atoms with Crippen LogP contribution in [0.1, 0.15) is 48.6 Å². The molecule has 0 radical (unpaired) electrons. The van der Waals surface area contributed by atoms with E-state index in [0.29, 0.717) is 34.1 Å². The van der Waals surface area contributed by atoms with Crippen LogP contribution in [-0.4, -0.2) is 58.0 Å². The van der Waals surface area contributed by atoms with Gasteiger partial charge in [0, 0.05) is 46.5 Å². The third kappa shape index (κ3) is 9.92. The molecule has 0 saturated carbocycles. The standard InChI is InChI=1S/C54H37F4N3O5S2/c55-37-19-20-44(47(58)27-37)49(62)42-13-7-8-14-43(42)53(65)61-30-41(28-40(61)29-59-51(63)34-17-15-31(16-18-34)21-48-52(64)60-54(66)68-48)67-50-45(33-11-5-2-6-12-33)24-35(32-9-3-1-4-10-32)25-46(50)36-22-38(56)26-39(57)23-36/h1-27,40-41H,28-30H2,(H,59,63)(H,60,64,66)/b48-21-/t40-,41+/m0/s1. The molecule has 2 aliphatic rings. The maximum absolute atomic E-state index is 15.1. The molecule has 0 aliphatic carbocycles. The normalized spacial score (nSPS) is 16.2. The molecule has 7 aromatic rings. The molecule has 7 aromatic carbocycles. The van der Waals surface area contributed by atoms with Crippen molar-refractivity contribution in [2.45, 2.75) is 22.6 Å². The first kappa shape index (κ1) is 45.6. The summed E-state index contributed by atoms with van der Waals surface area (Å²) in [5.41, 5.74) is 4.47. The van der Waals surface area contributed by atoms with Crippen LogP contribution in [-0.2, 0) is 4.79 Å². The molecule has 0 unspecified atom stereocenters. The van der Waals surface area contributed by atoms with Gasteiger partial charge >= 0.3 is 0 Å². The second-order valence-electron chi connectivity index (χ2n) is 16.1. The lowest BCUT2D eigenvalue weighted by atomic mass is 9.93. The Morgan fingerprint density at radius 3 is 1.94 bits per heavy atom. The fourth-order valence-electron chi connectivity index (χ4n) is 8.33. The van der Waals surface area contributed by atoms with Crippen molar-refractivity contribution < 1.29 is 41.5 Å². The van der Waals surface area contributed by atoms with E-state index in [1.54, 1.807) is 35.2 Å². The van der Waals surface area contributed by atoms with E-state index in [9.17, 15) is 28.4 Å². The average Bonchev–Trinajstić information content (AvgIpc) is 3.90. The van der Waals surface area contributed by atoms with Crippen molar-refractivity contribution in [2.24, 2.45) is 0 Å². The lowest BCUT2D eigenvalue weighted by Crippen LogP contribution is -2.43. The Morgan fingerprint density at radius 1 is 0.662 bits per heavy atom. The Hall–Kier alpha value is -7.55. The van der Waals surface area contributed by atoms with Crippen molar-refractivity contribution in [3.05, 3.63) is 214 Å². The molecule has 2 heterocycles. The molecule has 0 bridgehead atoms. The van der Waals surface area contributed by atoms with Crippen molar-refractivity contribution in [1.82, 2.24) is 15.5 Å². The summed E-state index contributed by atoms with van der Waals surface area (Å²) in [6.45, 7) is 0.0655. The Morgan fingerprint density at radius 2 is 1.29 bits per heavy atom. The Kier molecular flexibility index (Phi) is 13.2. The topological polar surface area (TPSA) is 113 Å². The number of nitrogens with zero attached hydrogens (tertiary/aromatic N) is 1. The van der Waals surface area contributed by atoms with E-state index in [2.05, 4.69) is 10.6 Å². The van der Waals surface area contributed by atoms with Crippen LogP contribution in [0.2, 0.25) is 0 Å². The molecule has 14 heteroatoms. The highest BCUT2D eigenvalue weighted by molar-refractivity contribution is 8.18. The molecule has 8 nitrogen and oxygen atoms in total. The fraction of sp³-hybridized carbons (Fsp3) is 0.0926. The number of hydrogen-bond acceptors (Lipinski definition) is 7. The molecule has 0 spiro atoms. The second kappa shape index (κ2) is 19.7. The number of carbonyl (C=O) groups is 5. The van der Waals surface area contributed by atoms with Crippen LogP contribution in [0.4, 0.5) is 22.4 Å². The summed E-state index contributed by atoms with van der Waals surface area (Å²) in [5, 5.41) is 4.29. The van der Waals surface area contributed by atoms with Crippen LogP contribution < -0.4 is 10.6 Å². The van der Waals surface area contributed by atoms with E-state index >= 15 is 13.2 Å². The molecule has 68 heavy (non-hydrogen) atoms. The van der Waals surface area contributed by atoms with Gasteiger partial charge in [0.15, 0.2) is 5.78 Å². The lowest BCUT2D eigenvalue weighted by molar-refractivity contribution is -0.115. The van der Waals surface area contributed by atoms with Gasteiger partial charge in [-0.05, 0) is 118 Å². The molecular weight excluding hydrogens is 911 g/mol. The first-order valence-electron chi connectivity index (χ1n) is 21.3. The van der Waals surface area contributed by atoms with Crippen molar-refractivity contribution >= 4 is 58.3 Å². The van der Waals surface area contributed by atoms with Gasteiger partial charge in [0.05, 0.1) is 22.1 Å². The smallest absolute Gasteiger partial charge is 0.290 e. The molecule has 2 atom stereocenters. The molecule has 9 rings (SSSR count). The van der Waals surface area contributed by atoms with Gasteiger partial charge in [-0.2, -0.15) is 0 Å². The summed E-state index contributed by atoms with van der Waals surface area (Å²) in [7, 11) is 0. The zero-order valence-corrected chi connectivity index (χ0v) is 37.3. The van der Waals surface area contributed by atoms with Gasteiger partial charge < -0.3 is 10.2 Å². The van der Waals surface area contributed by atoms with Gasteiger partial charge in [-0.25, -0.2) is 17.6 Å². The molecule has 2 fully saturated rings. The number of carbonyl (C=O) groups excluding carboxylic acids is 5. The van der Waals surface area contributed by atoms with Crippen molar-refractivity contribution in [2.75, 3.05) is 13.1 Å². The minimum atomic E-state index is -1.08. The maximum Gasteiger partial charge on any atom is 0.290 e. The summed E-state index contributed by atoms with van der Waals surface area (Å²) in [4.78, 5) is 68.7. The number of nitrogens with one attached hydrogen (secondary N) is 2. The Bertz CT molecular complexity index is 3150. The highest BCUT2D eigenvalue weighted by atomic mass is 32.2. The van der Waals surface area contributed by atoms with E-state index in [1.165, 1.54) is 48.2 Å². The number of likely N-dealkylation sites (tertiary alicyclic amines) is 1. The molecule has 2 N–H and O–H groups in total. The largest absolute Gasteiger partial charge is 0.350 e. The Labute approximate surface area is 396 Å². The van der Waals surface area contributed by atoms with Gasteiger partial charge in [-0.15, -0.1) is 11.8 Å². The number of imide groups is 1. The molecular formula is C54H37F4N3O5S2. The van der Waals surface area contributed by atoms with Crippen molar-refractivity contribution in [3.8, 4) is 33.4 Å². The maximum atomic E-state index is 15.1. The van der Waals surface area contributed by atoms with E-state index in [0.717, 1.165) is 52.2 Å².